The number of hydrogen-bond donors (Lipinski definition) is 2. The summed E-state index contributed by atoms with van der Waals surface area (Å²) in [5.74, 6) is 0.281. The predicted octanol–water partition coefficient (Wildman–Crippen LogP) is 5.38. The van der Waals surface area contributed by atoms with Gasteiger partial charge in [0.1, 0.15) is 5.82 Å². The molecule has 0 fully saturated rings. The van der Waals surface area contributed by atoms with Gasteiger partial charge in [-0.15, -0.1) is 0 Å². The fraction of sp³-hybridized carbons (Fsp3) is 0. The highest BCUT2D eigenvalue weighted by Crippen LogP contribution is 2.24. The van der Waals surface area contributed by atoms with E-state index in [4.69, 9.17) is 23.2 Å². The number of anilines is 3. The summed E-state index contributed by atoms with van der Waals surface area (Å²) < 4.78 is 0. The van der Waals surface area contributed by atoms with Crippen LogP contribution >= 0.6 is 23.2 Å². The van der Waals surface area contributed by atoms with E-state index >= 15 is 0 Å². The minimum atomic E-state index is -0.248. The molecule has 120 valence electrons. The second-order valence-corrected chi connectivity index (χ2v) is 5.84. The maximum absolute atomic E-state index is 12.4. The summed E-state index contributed by atoms with van der Waals surface area (Å²) in [4.78, 5) is 16.6. The molecule has 0 atom stereocenters. The van der Waals surface area contributed by atoms with Crippen molar-refractivity contribution in [2.75, 3.05) is 10.6 Å². The fourth-order valence-electron chi connectivity index (χ4n) is 2.11. The number of benzene rings is 2. The van der Waals surface area contributed by atoms with Crippen LogP contribution in [0.2, 0.25) is 10.0 Å². The topological polar surface area (TPSA) is 54.0 Å². The molecular formula is C18H13Cl2N3O. The SMILES string of the molecule is O=C(Nc1cccc(Cl)c1)c1ccnc(Nc2ccccc2Cl)c1. The van der Waals surface area contributed by atoms with Crippen molar-refractivity contribution in [3.05, 3.63) is 82.5 Å². The number of amides is 1. The molecule has 0 spiro atoms. The number of carbonyl (C=O) groups excluding carboxylic acids is 1. The second kappa shape index (κ2) is 7.34. The molecule has 4 nitrogen and oxygen atoms in total. The quantitative estimate of drug-likeness (QED) is 0.658. The first-order valence-corrected chi connectivity index (χ1v) is 7.92. The minimum Gasteiger partial charge on any atom is -0.339 e. The van der Waals surface area contributed by atoms with Crippen molar-refractivity contribution >= 4 is 46.3 Å². The Hall–Kier alpha value is -2.56. The smallest absolute Gasteiger partial charge is 0.255 e. The van der Waals surface area contributed by atoms with Crippen LogP contribution in [0.4, 0.5) is 17.2 Å². The lowest BCUT2D eigenvalue weighted by atomic mass is 10.2. The van der Waals surface area contributed by atoms with Gasteiger partial charge in [0.15, 0.2) is 0 Å². The number of rotatable bonds is 4. The first kappa shape index (κ1) is 16.3. The molecular weight excluding hydrogens is 345 g/mol. The number of halogens is 2. The van der Waals surface area contributed by atoms with E-state index in [0.717, 1.165) is 5.69 Å². The van der Waals surface area contributed by atoms with Gasteiger partial charge in [-0.3, -0.25) is 4.79 Å². The van der Waals surface area contributed by atoms with Crippen LogP contribution in [0.1, 0.15) is 10.4 Å². The number of carbonyl (C=O) groups is 1. The molecule has 0 unspecified atom stereocenters. The number of hydrogen-bond acceptors (Lipinski definition) is 3. The highest BCUT2D eigenvalue weighted by molar-refractivity contribution is 6.33. The molecule has 3 rings (SSSR count). The molecule has 0 bridgehead atoms. The zero-order valence-corrected chi connectivity index (χ0v) is 14.0. The predicted molar refractivity (Wildman–Crippen MR) is 98.4 cm³/mol. The van der Waals surface area contributed by atoms with E-state index in [0.29, 0.717) is 27.1 Å². The summed E-state index contributed by atoms with van der Waals surface area (Å²) in [6.45, 7) is 0. The third kappa shape index (κ3) is 4.04. The van der Waals surface area contributed by atoms with E-state index in [1.807, 2.05) is 18.2 Å². The number of nitrogens with zero attached hydrogens (tertiary/aromatic N) is 1. The number of aromatic nitrogens is 1. The first-order valence-electron chi connectivity index (χ1n) is 7.16. The maximum Gasteiger partial charge on any atom is 0.255 e. The fourth-order valence-corrected chi connectivity index (χ4v) is 2.48. The minimum absolute atomic E-state index is 0.248. The lowest BCUT2D eigenvalue weighted by molar-refractivity contribution is 0.102. The Morgan fingerprint density at radius 2 is 1.79 bits per heavy atom. The van der Waals surface area contributed by atoms with Crippen LogP contribution in [0, 0.1) is 0 Å². The Balaban J connectivity index is 1.77. The summed E-state index contributed by atoms with van der Waals surface area (Å²) in [6, 6.07) is 17.6. The molecule has 24 heavy (non-hydrogen) atoms. The molecule has 2 aromatic carbocycles. The molecule has 3 aromatic rings. The molecule has 0 aliphatic heterocycles. The lowest BCUT2D eigenvalue weighted by Gasteiger charge is -2.09. The molecule has 6 heteroatoms. The van der Waals surface area contributed by atoms with Crippen LogP contribution in [0.3, 0.4) is 0 Å². The van der Waals surface area contributed by atoms with Crippen LogP contribution < -0.4 is 10.6 Å². The van der Waals surface area contributed by atoms with Crippen LogP contribution in [0.25, 0.3) is 0 Å². The zero-order chi connectivity index (χ0) is 16.9. The molecule has 1 aromatic heterocycles. The van der Waals surface area contributed by atoms with Gasteiger partial charge in [-0.05, 0) is 42.5 Å². The summed E-state index contributed by atoms with van der Waals surface area (Å²) in [6.07, 6.45) is 1.56. The van der Waals surface area contributed by atoms with Gasteiger partial charge < -0.3 is 10.6 Å². The normalized spacial score (nSPS) is 10.2. The van der Waals surface area contributed by atoms with Crippen molar-refractivity contribution in [2.45, 2.75) is 0 Å². The van der Waals surface area contributed by atoms with Crippen LogP contribution in [-0.2, 0) is 0 Å². The first-order chi connectivity index (χ1) is 11.6. The van der Waals surface area contributed by atoms with Crippen LogP contribution in [0.15, 0.2) is 66.9 Å². The third-order valence-corrected chi connectivity index (χ3v) is 3.81. The van der Waals surface area contributed by atoms with E-state index < -0.39 is 0 Å². The standard InChI is InChI=1S/C18H13Cl2N3O/c19-13-4-3-5-14(11-13)22-18(24)12-8-9-21-17(10-12)23-16-7-2-1-6-15(16)20/h1-11H,(H,21,23)(H,22,24). The van der Waals surface area contributed by atoms with Gasteiger partial charge in [-0.1, -0.05) is 41.4 Å². The molecule has 0 aliphatic carbocycles. The zero-order valence-electron chi connectivity index (χ0n) is 12.5. The number of nitrogens with one attached hydrogen (secondary N) is 2. The van der Waals surface area contributed by atoms with E-state index in [1.54, 1.807) is 48.7 Å². The van der Waals surface area contributed by atoms with Gasteiger partial charge in [0.25, 0.3) is 5.91 Å². The summed E-state index contributed by atoms with van der Waals surface area (Å²) in [7, 11) is 0. The average molecular weight is 358 g/mol. The van der Waals surface area contributed by atoms with Gasteiger partial charge in [0.2, 0.25) is 0 Å². The highest BCUT2D eigenvalue weighted by Gasteiger charge is 2.08. The summed E-state index contributed by atoms with van der Waals surface area (Å²) in [5.41, 5.74) is 1.82. The van der Waals surface area contributed by atoms with E-state index in [1.165, 1.54) is 0 Å². The average Bonchev–Trinajstić information content (AvgIpc) is 2.57. The Bertz CT molecular complexity index is 883. The monoisotopic (exact) mass is 357 g/mol. The maximum atomic E-state index is 12.4. The van der Waals surface area contributed by atoms with E-state index in [-0.39, 0.29) is 5.91 Å². The summed E-state index contributed by atoms with van der Waals surface area (Å²) >= 11 is 12.0. The molecule has 1 amide bonds. The van der Waals surface area contributed by atoms with Crippen LogP contribution in [0.5, 0.6) is 0 Å². The lowest BCUT2D eigenvalue weighted by Crippen LogP contribution is -2.12. The Morgan fingerprint density at radius 1 is 0.958 bits per heavy atom. The Labute approximate surface area is 149 Å². The third-order valence-electron chi connectivity index (χ3n) is 3.24. The molecule has 1 heterocycles. The van der Waals surface area contributed by atoms with E-state index in [9.17, 15) is 4.79 Å². The molecule has 0 saturated carbocycles. The molecule has 0 saturated heterocycles. The highest BCUT2D eigenvalue weighted by atomic mass is 35.5. The largest absolute Gasteiger partial charge is 0.339 e. The second-order valence-electron chi connectivity index (χ2n) is 5.00. The number of para-hydroxylation sites is 1. The van der Waals surface area contributed by atoms with Crippen molar-refractivity contribution in [1.29, 1.82) is 0 Å². The van der Waals surface area contributed by atoms with Crippen molar-refractivity contribution in [1.82, 2.24) is 4.98 Å². The van der Waals surface area contributed by atoms with Gasteiger partial charge in [-0.2, -0.15) is 0 Å². The van der Waals surface area contributed by atoms with Crippen molar-refractivity contribution in [2.24, 2.45) is 0 Å². The molecule has 2 N–H and O–H groups in total. The van der Waals surface area contributed by atoms with Gasteiger partial charge in [0.05, 0.1) is 10.7 Å². The number of pyridine rings is 1. The van der Waals surface area contributed by atoms with Gasteiger partial charge >= 0.3 is 0 Å². The van der Waals surface area contributed by atoms with E-state index in [2.05, 4.69) is 15.6 Å². The molecule has 0 aliphatic rings. The van der Waals surface area contributed by atoms with Gasteiger partial charge in [0, 0.05) is 22.5 Å². The summed E-state index contributed by atoms with van der Waals surface area (Å²) in [5, 5.41) is 7.03. The Morgan fingerprint density at radius 3 is 2.58 bits per heavy atom. The van der Waals surface area contributed by atoms with Gasteiger partial charge in [-0.25, -0.2) is 4.98 Å². The molecule has 0 radical (unpaired) electrons. The van der Waals surface area contributed by atoms with Crippen molar-refractivity contribution < 1.29 is 4.79 Å². The Kier molecular flexibility index (Phi) is 4.99. The van der Waals surface area contributed by atoms with Crippen molar-refractivity contribution in [3.8, 4) is 0 Å². The van der Waals surface area contributed by atoms with Crippen molar-refractivity contribution in [3.63, 3.8) is 0 Å². The van der Waals surface area contributed by atoms with Crippen LogP contribution in [-0.4, -0.2) is 10.9 Å².